The van der Waals surface area contributed by atoms with E-state index in [1.165, 1.54) is 6.42 Å². The number of ether oxygens (including phenoxy) is 1. The van der Waals surface area contributed by atoms with Crippen LogP contribution in [0, 0.1) is 30.1 Å². The van der Waals surface area contributed by atoms with Gasteiger partial charge < -0.3 is 19.7 Å². The first kappa shape index (κ1) is 17.7. The van der Waals surface area contributed by atoms with Crippen molar-refractivity contribution in [3.05, 3.63) is 17.5 Å². The Morgan fingerprint density at radius 2 is 2.07 bits per heavy atom. The van der Waals surface area contributed by atoms with Gasteiger partial charge in [0.25, 0.3) is 0 Å². The number of nitrogens with zero attached hydrogens (tertiary/aromatic N) is 1. The zero-order valence-electron chi connectivity index (χ0n) is 16.1. The molecule has 1 aromatic heterocycles. The van der Waals surface area contributed by atoms with Crippen LogP contribution in [0.15, 0.2) is 10.6 Å². The molecule has 5 fully saturated rings. The Kier molecular flexibility index (Phi) is 4.13. The lowest BCUT2D eigenvalue weighted by molar-refractivity contribution is -0.169. The van der Waals surface area contributed by atoms with E-state index >= 15 is 0 Å². The Balaban J connectivity index is 1.22. The summed E-state index contributed by atoms with van der Waals surface area (Å²) in [6, 6.07) is 1.98. The average molecular weight is 374 g/mol. The number of carbonyl (C=O) groups excluding carboxylic acids is 1. The van der Waals surface area contributed by atoms with Crippen LogP contribution in [-0.2, 0) is 16.0 Å². The lowest BCUT2D eigenvalue weighted by Crippen LogP contribution is -2.57. The summed E-state index contributed by atoms with van der Waals surface area (Å²) in [5, 5.41) is 18.1. The van der Waals surface area contributed by atoms with Gasteiger partial charge >= 0.3 is 0 Å². The van der Waals surface area contributed by atoms with Gasteiger partial charge in [-0.1, -0.05) is 5.16 Å². The fourth-order valence-electron chi connectivity index (χ4n) is 6.94. The molecule has 1 aliphatic heterocycles. The van der Waals surface area contributed by atoms with E-state index in [2.05, 4.69) is 10.5 Å². The molecule has 0 spiro atoms. The van der Waals surface area contributed by atoms with Crippen molar-refractivity contribution >= 4 is 5.91 Å². The molecule has 4 aliphatic carbocycles. The summed E-state index contributed by atoms with van der Waals surface area (Å²) in [6.07, 6.45) is 7.46. The Morgan fingerprint density at radius 3 is 2.74 bits per heavy atom. The van der Waals surface area contributed by atoms with Gasteiger partial charge in [0.15, 0.2) is 0 Å². The summed E-state index contributed by atoms with van der Waals surface area (Å²) in [7, 11) is 0. The molecule has 4 atom stereocenters. The lowest BCUT2D eigenvalue weighted by Gasteiger charge is -2.60. The maximum absolute atomic E-state index is 12.9. The SMILES string of the molecule is Cc1cc(C[C@@H]2COC[C@@H]2NC(=O)CC23CC4CC(CC(O)(C4)C2)C3)on1. The van der Waals surface area contributed by atoms with E-state index < -0.39 is 5.60 Å². The highest BCUT2D eigenvalue weighted by Gasteiger charge is 2.57. The van der Waals surface area contributed by atoms with Crippen molar-refractivity contribution in [3.8, 4) is 0 Å². The number of aromatic nitrogens is 1. The highest BCUT2D eigenvalue weighted by atomic mass is 16.5. The predicted molar refractivity (Wildman–Crippen MR) is 97.9 cm³/mol. The van der Waals surface area contributed by atoms with E-state index in [1.54, 1.807) is 0 Å². The maximum atomic E-state index is 12.9. The second-order valence-corrected chi connectivity index (χ2v) is 9.97. The number of hydrogen-bond donors (Lipinski definition) is 2. The second kappa shape index (κ2) is 6.31. The van der Waals surface area contributed by atoms with Gasteiger partial charge in [0.05, 0.1) is 30.6 Å². The van der Waals surface area contributed by atoms with Gasteiger partial charge in [0.2, 0.25) is 5.91 Å². The molecule has 0 radical (unpaired) electrons. The standard InChI is InChI=1S/C21H30N2O4/c1-13-2-17(27-23-13)4-16-10-26-11-18(16)22-19(24)9-20-5-14-3-15(6-20)8-21(25,7-14)12-20/h2,14-16,18,25H,3-12H2,1H3,(H,22,24)/t14?,15?,16-,18+,20?,21?/m1/s1. The van der Waals surface area contributed by atoms with Crippen LogP contribution in [0.2, 0.25) is 0 Å². The van der Waals surface area contributed by atoms with Crippen LogP contribution in [0.4, 0.5) is 0 Å². The Labute approximate surface area is 160 Å². The number of rotatable bonds is 5. The summed E-state index contributed by atoms with van der Waals surface area (Å²) in [5.41, 5.74) is 0.386. The fraction of sp³-hybridized carbons (Fsp3) is 0.810. The van der Waals surface area contributed by atoms with E-state index in [1.807, 2.05) is 13.0 Å². The van der Waals surface area contributed by atoms with Crippen LogP contribution >= 0.6 is 0 Å². The molecule has 0 aromatic carbocycles. The summed E-state index contributed by atoms with van der Waals surface area (Å²) >= 11 is 0. The first-order valence-corrected chi connectivity index (χ1v) is 10.4. The molecule has 148 valence electrons. The number of carbonyl (C=O) groups is 1. The Hall–Kier alpha value is -1.40. The molecule has 4 saturated carbocycles. The third kappa shape index (κ3) is 3.42. The summed E-state index contributed by atoms with van der Waals surface area (Å²) in [5.74, 6) is 2.42. The van der Waals surface area contributed by atoms with Gasteiger partial charge in [0, 0.05) is 24.8 Å². The molecule has 1 aromatic rings. The minimum absolute atomic E-state index is 0.0138. The molecule has 6 rings (SSSR count). The molecular formula is C21H30N2O4. The van der Waals surface area contributed by atoms with Crippen molar-refractivity contribution < 1.29 is 19.2 Å². The van der Waals surface area contributed by atoms with Crippen molar-refractivity contribution in [2.45, 2.75) is 69.9 Å². The molecule has 1 saturated heterocycles. The molecule has 1 amide bonds. The van der Waals surface area contributed by atoms with E-state index in [0.29, 0.717) is 31.5 Å². The van der Waals surface area contributed by atoms with Crippen LogP contribution in [0.5, 0.6) is 0 Å². The number of aryl methyl sites for hydroxylation is 1. The van der Waals surface area contributed by atoms with Crippen molar-refractivity contribution in [2.24, 2.45) is 23.2 Å². The third-order valence-electron chi connectivity index (χ3n) is 7.37. The number of nitrogens with one attached hydrogen (secondary N) is 1. The average Bonchev–Trinajstić information content (AvgIpc) is 3.14. The van der Waals surface area contributed by atoms with Gasteiger partial charge in [-0.15, -0.1) is 0 Å². The van der Waals surface area contributed by atoms with Gasteiger partial charge in [-0.3, -0.25) is 4.79 Å². The monoisotopic (exact) mass is 374 g/mol. The highest BCUT2D eigenvalue weighted by molar-refractivity contribution is 5.77. The van der Waals surface area contributed by atoms with E-state index in [4.69, 9.17) is 9.26 Å². The molecule has 27 heavy (non-hydrogen) atoms. The summed E-state index contributed by atoms with van der Waals surface area (Å²) < 4.78 is 11.0. The normalized spacial score (nSPS) is 42.6. The zero-order chi connectivity index (χ0) is 18.6. The predicted octanol–water partition coefficient (Wildman–Crippen LogP) is 2.38. The van der Waals surface area contributed by atoms with E-state index in [0.717, 1.165) is 50.0 Å². The molecule has 6 nitrogen and oxygen atoms in total. The number of amides is 1. The van der Waals surface area contributed by atoms with E-state index in [9.17, 15) is 9.90 Å². The summed E-state index contributed by atoms with van der Waals surface area (Å²) in [4.78, 5) is 12.9. The smallest absolute Gasteiger partial charge is 0.220 e. The quantitative estimate of drug-likeness (QED) is 0.827. The zero-order valence-corrected chi connectivity index (χ0v) is 16.1. The Bertz CT molecular complexity index is 716. The molecule has 4 bridgehead atoms. The topological polar surface area (TPSA) is 84.6 Å². The molecule has 2 unspecified atom stereocenters. The van der Waals surface area contributed by atoms with Crippen LogP contribution in [-0.4, -0.2) is 41.0 Å². The lowest BCUT2D eigenvalue weighted by atomic mass is 9.47. The molecular weight excluding hydrogens is 344 g/mol. The van der Waals surface area contributed by atoms with Gasteiger partial charge in [0.1, 0.15) is 5.76 Å². The minimum atomic E-state index is -0.506. The highest BCUT2D eigenvalue weighted by Crippen LogP contribution is 2.62. The first-order valence-electron chi connectivity index (χ1n) is 10.4. The van der Waals surface area contributed by atoms with Crippen LogP contribution in [0.1, 0.15) is 56.4 Å². The van der Waals surface area contributed by atoms with Crippen LogP contribution in [0.25, 0.3) is 0 Å². The summed E-state index contributed by atoms with van der Waals surface area (Å²) in [6.45, 7) is 3.11. The fourth-order valence-corrected chi connectivity index (χ4v) is 6.94. The molecule has 6 heteroatoms. The largest absolute Gasteiger partial charge is 0.390 e. The molecule has 2 N–H and O–H groups in total. The number of hydrogen-bond acceptors (Lipinski definition) is 5. The second-order valence-electron chi connectivity index (χ2n) is 9.97. The van der Waals surface area contributed by atoms with Gasteiger partial charge in [-0.05, 0) is 62.7 Å². The Morgan fingerprint density at radius 1 is 1.30 bits per heavy atom. The van der Waals surface area contributed by atoms with Crippen LogP contribution < -0.4 is 5.32 Å². The van der Waals surface area contributed by atoms with Gasteiger partial charge in [-0.25, -0.2) is 0 Å². The third-order valence-corrected chi connectivity index (χ3v) is 7.37. The maximum Gasteiger partial charge on any atom is 0.220 e. The van der Waals surface area contributed by atoms with Crippen molar-refractivity contribution in [1.29, 1.82) is 0 Å². The van der Waals surface area contributed by atoms with Crippen molar-refractivity contribution in [1.82, 2.24) is 10.5 Å². The van der Waals surface area contributed by atoms with E-state index in [-0.39, 0.29) is 23.3 Å². The van der Waals surface area contributed by atoms with Crippen LogP contribution in [0.3, 0.4) is 0 Å². The molecule has 5 aliphatic rings. The van der Waals surface area contributed by atoms with Gasteiger partial charge in [-0.2, -0.15) is 0 Å². The van der Waals surface area contributed by atoms with Crippen molar-refractivity contribution in [3.63, 3.8) is 0 Å². The first-order chi connectivity index (χ1) is 12.9. The van der Waals surface area contributed by atoms with Crippen molar-refractivity contribution in [2.75, 3.05) is 13.2 Å². The number of aliphatic hydroxyl groups is 1. The molecule has 2 heterocycles. The minimum Gasteiger partial charge on any atom is -0.390 e.